The van der Waals surface area contributed by atoms with Crippen LogP contribution < -0.4 is 16.0 Å². The number of carbonyl (C=O) groups excluding carboxylic acids is 3. The number of thioether (sulfide) groups is 1. The molecule has 0 aromatic heterocycles. The first-order valence-electron chi connectivity index (χ1n) is 12.5. The highest BCUT2D eigenvalue weighted by molar-refractivity contribution is 8.00. The van der Waals surface area contributed by atoms with E-state index in [0.717, 1.165) is 21.7 Å². The first-order chi connectivity index (χ1) is 19.3. The first kappa shape index (κ1) is 28.7. The average Bonchev–Trinajstić information content (AvgIpc) is 2.94. The van der Waals surface area contributed by atoms with Crippen LogP contribution >= 0.6 is 23.4 Å². The van der Waals surface area contributed by atoms with E-state index in [1.54, 1.807) is 66.7 Å². The number of rotatable bonds is 9. The highest BCUT2D eigenvalue weighted by Gasteiger charge is 2.15. The molecule has 202 valence electrons. The van der Waals surface area contributed by atoms with Gasteiger partial charge in [-0.15, -0.1) is 11.8 Å². The summed E-state index contributed by atoms with van der Waals surface area (Å²) < 4.78 is 0. The van der Waals surface area contributed by atoms with Crippen LogP contribution in [0.3, 0.4) is 0 Å². The molecule has 3 N–H and O–H groups in total. The van der Waals surface area contributed by atoms with E-state index in [-0.39, 0.29) is 17.4 Å². The van der Waals surface area contributed by atoms with Gasteiger partial charge in [-0.2, -0.15) is 0 Å². The molecule has 0 aliphatic carbocycles. The Labute approximate surface area is 242 Å². The van der Waals surface area contributed by atoms with E-state index < -0.39 is 11.8 Å². The van der Waals surface area contributed by atoms with Gasteiger partial charge in [0.2, 0.25) is 5.91 Å². The van der Waals surface area contributed by atoms with Crippen molar-refractivity contribution in [1.29, 1.82) is 0 Å². The summed E-state index contributed by atoms with van der Waals surface area (Å²) in [5.41, 5.74) is 4.66. The van der Waals surface area contributed by atoms with Crippen molar-refractivity contribution in [3.63, 3.8) is 0 Å². The second-order valence-corrected chi connectivity index (χ2v) is 10.6. The summed E-state index contributed by atoms with van der Waals surface area (Å²) in [5, 5.41) is 8.99. The zero-order valence-corrected chi connectivity index (χ0v) is 23.6. The third-order valence-corrected chi connectivity index (χ3v) is 7.07. The van der Waals surface area contributed by atoms with Crippen molar-refractivity contribution in [3.8, 4) is 0 Å². The number of anilines is 2. The van der Waals surface area contributed by atoms with E-state index in [1.807, 2.05) is 50.2 Å². The predicted molar refractivity (Wildman–Crippen MR) is 164 cm³/mol. The molecule has 4 aromatic rings. The number of halogens is 1. The zero-order chi connectivity index (χ0) is 28.5. The van der Waals surface area contributed by atoms with Gasteiger partial charge in [0.15, 0.2) is 0 Å². The molecular formula is C32H28ClN3O3S. The van der Waals surface area contributed by atoms with Gasteiger partial charge in [0.1, 0.15) is 5.70 Å². The Morgan fingerprint density at radius 1 is 0.825 bits per heavy atom. The summed E-state index contributed by atoms with van der Waals surface area (Å²) in [6, 6.07) is 28.7. The number of amides is 3. The van der Waals surface area contributed by atoms with Gasteiger partial charge in [-0.1, -0.05) is 59.6 Å². The van der Waals surface area contributed by atoms with Crippen LogP contribution in [0.4, 0.5) is 11.4 Å². The van der Waals surface area contributed by atoms with Crippen LogP contribution in [-0.4, -0.2) is 23.5 Å². The lowest BCUT2D eigenvalue weighted by Gasteiger charge is -2.12. The number of hydrogen-bond acceptors (Lipinski definition) is 4. The molecule has 0 aliphatic rings. The van der Waals surface area contributed by atoms with Crippen molar-refractivity contribution in [1.82, 2.24) is 5.32 Å². The summed E-state index contributed by atoms with van der Waals surface area (Å²) in [6.45, 7) is 3.98. The van der Waals surface area contributed by atoms with E-state index in [4.69, 9.17) is 11.6 Å². The topological polar surface area (TPSA) is 87.3 Å². The van der Waals surface area contributed by atoms with Crippen molar-refractivity contribution >= 4 is 58.5 Å². The molecule has 0 unspecified atom stereocenters. The summed E-state index contributed by atoms with van der Waals surface area (Å²) in [7, 11) is 0. The number of carbonyl (C=O) groups is 3. The molecule has 0 spiro atoms. The standard InChI is InChI=1S/C32H28ClN3O3S/c1-21-11-16-28(22(2)17-21)35-30(37)20-40-27-14-12-26(13-15-27)34-32(39)29(19-23-7-6-10-25(33)18-23)36-31(38)24-8-4-3-5-9-24/h3-19H,20H2,1-2H3,(H,34,39)(H,35,37)(H,36,38)/b29-19-. The third kappa shape index (κ3) is 8.33. The van der Waals surface area contributed by atoms with E-state index >= 15 is 0 Å². The molecule has 0 fully saturated rings. The van der Waals surface area contributed by atoms with Crippen LogP contribution in [0.2, 0.25) is 5.02 Å². The highest BCUT2D eigenvalue weighted by Crippen LogP contribution is 2.22. The third-order valence-electron chi connectivity index (χ3n) is 5.83. The number of aryl methyl sites for hydroxylation is 2. The van der Waals surface area contributed by atoms with Crippen molar-refractivity contribution < 1.29 is 14.4 Å². The second kappa shape index (κ2) is 13.6. The minimum Gasteiger partial charge on any atom is -0.325 e. The Balaban J connectivity index is 1.40. The quantitative estimate of drug-likeness (QED) is 0.148. The Bertz CT molecular complexity index is 1550. The van der Waals surface area contributed by atoms with Crippen molar-refractivity contribution in [2.24, 2.45) is 0 Å². The maximum Gasteiger partial charge on any atom is 0.272 e. The van der Waals surface area contributed by atoms with Gasteiger partial charge in [0.05, 0.1) is 5.75 Å². The molecule has 4 rings (SSSR count). The average molecular weight is 570 g/mol. The van der Waals surface area contributed by atoms with Crippen LogP contribution in [-0.2, 0) is 9.59 Å². The summed E-state index contributed by atoms with van der Waals surface area (Å²) in [6.07, 6.45) is 1.57. The normalized spacial score (nSPS) is 11.0. The number of hydrogen-bond donors (Lipinski definition) is 3. The van der Waals surface area contributed by atoms with Crippen LogP contribution in [0.25, 0.3) is 6.08 Å². The van der Waals surface area contributed by atoms with Gasteiger partial charge in [-0.05, 0) is 85.6 Å². The van der Waals surface area contributed by atoms with Gasteiger partial charge in [-0.25, -0.2) is 0 Å². The molecule has 0 bridgehead atoms. The fourth-order valence-corrected chi connectivity index (χ4v) is 4.72. The van der Waals surface area contributed by atoms with E-state index in [1.165, 1.54) is 11.8 Å². The largest absolute Gasteiger partial charge is 0.325 e. The minimum atomic E-state index is -0.488. The maximum atomic E-state index is 13.2. The van der Waals surface area contributed by atoms with Crippen LogP contribution in [0.1, 0.15) is 27.0 Å². The van der Waals surface area contributed by atoms with Gasteiger partial charge < -0.3 is 16.0 Å². The molecule has 0 aliphatic heterocycles. The molecule has 8 heteroatoms. The molecule has 4 aromatic carbocycles. The monoisotopic (exact) mass is 569 g/mol. The summed E-state index contributed by atoms with van der Waals surface area (Å²) in [5.74, 6) is -0.747. The number of benzene rings is 4. The fraction of sp³-hybridized carbons (Fsp3) is 0.0938. The molecule has 40 heavy (non-hydrogen) atoms. The molecule has 0 radical (unpaired) electrons. The van der Waals surface area contributed by atoms with Gasteiger partial charge in [-0.3, -0.25) is 14.4 Å². The lowest BCUT2D eigenvalue weighted by molar-refractivity contribution is -0.114. The molecule has 3 amide bonds. The molecular weight excluding hydrogens is 542 g/mol. The SMILES string of the molecule is Cc1ccc(NC(=O)CSc2ccc(NC(=O)/C(=C/c3cccc(Cl)c3)NC(=O)c3ccccc3)cc2)c(C)c1. The van der Waals surface area contributed by atoms with E-state index in [2.05, 4.69) is 16.0 Å². The first-order valence-corrected chi connectivity index (χ1v) is 13.9. The Kier molecular flexibility index (Phi) is 9.78. The Morgan fingerprint density at radius 3 is 2.27 bits per heavy atom. The van der Waals surface area contributed by atoms with Gasteiger partial charge in [0, 0.05) is 26.9 Å². The predicted octanol–water partition coefficient (Wildman–Crippen LogP) is 7.10. The van der Waals surface area contributed by atoms with Crippen LogP contribution in [0.15, 0.2) is 108 Å². The van der Waals surface area contributed by atoms with Crippen LogP contribution in [0.5, 0.6) is 0 Å². The Morgan fingerprint density at radius 2 is 1.57 bits per heavy atom. The minimum absolute atomic E-state index is 0.0673. The highest BCUT2D eigenvalue weighted by atomic mass is 35.5. The molecule has 0 atom stereocenters. The molecule has 6 nitrogen and oxygen atoms in total. The van der Waals surface area contributed by atoms with Crippen molar-refractivity contribution in [2.45, 2.75) is 18.7 Å². The van der Waals surface area contributed by atoms with Crippen molar-refractivity contribution in [3.05, 3.63) is 130 Å². The lowest BCUT2D eigenvalue weighted by atomic mass is 10.1. The van der Waals surface area contributed by atoms with Crippen molar-refractivity contribution in [2.75, 3.05) is 16.4 Å². The van der Waals surface area contributed by atoms with Gasteiger partial charge >= 0.3 is 0 Å². The van der Waals surface area contributed by atoms with Crippen LogP contribution in [0, 0.1) is 13.8 Å². The summed E-state index contributed by atoms with van der Waals surface area (Å²) >= 11 is 7.50. The fourth-order valence-electron chi connectivity index (χ4n) is 3.83. The summed E-state index contributed by atoms with van der Waals surface area (Å²) in [4.78, 5) is 39.3. The second-order valence-electron chi connectivity index (χ2n) is 9.07. The lowest BCUT2D eigenvalue weighted by Crippen LogP contribution is -2.30. The van der Waals surface area contributed by atoms with E-state index in [9.17, 15) is 14.4 Å². The molecule has 0 saturated heterocycles. The smallest absolute Gasteiger partial charge is 0.272 e. The maximum absolute atomic E-state index is 13.2. The zero-order valence-electron chi connectivity index (χ0n) is 22.0. The molecule has 0 heterocycles. The van der Waals surface area contributed by atoms with E-state index in [0.29, 0.717) is 21.8 Å². The molecule has 0 saturated carbocycles. The number of nitrogens with one attached hydrogen (secondary N) is 3. The van der Waals surface area contributed by atoms with Gasteiger partial charge in [0.25, 0.3) is 11.8 Å². The Hall–Kier alpha value is -4.33.